The number of hydrogen-bond acceptors (Lipinski definition) is 1. The predicted molar refractivity (Wildman–Crippen MR) is 25.8 cm³/mol. The highest BCUT2D eigenvalue weighted by Crippen LogP contribution is 1.99. The molecule has 0 spiro atoms. The summed E-state index contributed by atoms with van der Waals surface area (Å²) < 4.78 is 0. The van der Waals surface area contributed by atoms with Gasteiger partial charge in [0.1, 0.15) is 5.75 Å². The first-order valence-corrected chi connectivity index (χ1v) is 1.96. The molecule has 34 valence electrons. The van der Waals surface area contributed by atoms with Crippen molar-refractivity contribution in [3.63, 3.8) is 0 Å². The average Bonchev–Trinajstić information content (AvgIpc) is 1.69. The van der Waals surface area contributed by atoms with E-state index in [0.717, 1.165) is 0 Å². The first-order chi connectivity index (χ1) is 3.39. The van der Waals surface area contributed by atoms with Gasteiger partial charge in [-0.3, -0.25) is 0 Å². The Morgan fingerprint density at radius 3 is 2.57 bits per heavy atom. The molecule has 7 heavy (non-hydrogen) atoms. The third kappa shape index (κ3) is 0.834. The molecule has 1 heteroatoms. The zero-order valence-electron chi connectivity index (χ0n) is 3.68. The molecule has 0 fully saturated rings. The largest absolute Gasteiger partial charge is 0.507 e. The van der Waals surface area contributed by atoms with Gasteiger partial charge in [-0.15, -0.1) is 0 Å². The van der Waals surface area contributed by atoms with E-state index in [9.17, 15) is 0 Å². The molecule has 0 atom stereocenters. The van der Waals surface area contributed by atoms with Crippen molar-refractivity contribution in [1.29, 1.82) is 0 Å². The standard InChI is InChI=1S/C6H4O/c7-6-4-2-1-3-5-6/h2,4-5,7H. The van der Waals surface area contributed by atoms with Crippen LogP contribution in [0.3, 0.4) is 0 Å². The zero-order chi connectivity index (χ0) is 5.11. The number of aromatic hydroxyl groups is 1. The highest BCUT2D eigenvalue weighted by atomic mass is 16.3. The van der Waals surface area contributed by atoms with Crippen LogP contribution in [0.2, 0.25) is 0 Å². The number of rotatable bonds is 0. The Kier molecular flexibility index (Phi) is 0.874. The smallest absolute Gasteiger partial charge is 0.124 e. The number of hydrogen-bond donors (Lipinski definition) is 1. The Balaban J connectivity index is 3.02. The van der Waals surface area contributed by atoms with Gasteiger partial charge in [0.25, 0.3) is 0 Å². The highest BCUT2D eigenvalue weighted by Gasteiger charge is 1.73. The van der Waals surface area contributed by atoms with Crippen LogP contribution in [0.5, 0.6) is 5.75 Å². The second-order valence-corrected chi connectivity index (χ2v) is 1.19. The predicted octanol–water partition coefficient (Wildman–Crippen LogP) is 0.993. The van der Waals surface area contributed by atoms with Gasteiger partial charge in [-0.25, -0.2) is 0 Å². The molecule has 0 saturated heterocycles. The van der Waals surface area contributed by atoms with Crippen LogP contribution in [0.25, 0.3) is 0 Å². The van der Waals surface area contributed by atoms with Crippen LogP contribution in [0.4, 0.5) is 0 Å². The molecule has 0 heterocycles. The maximum Gasteiger partial charge on any atom is 0.124 e. The van der Waals surface area contributed by atoms with E-state index in [-0.39, 0.29) is 5.75 Å². The van der Waals surface area contributed by atoms with Crippen LogP contribution in [0.1, 0.15) is 0 Å². The summed E-state index contributed by atoms with van der Waals surface area (Å²) in [5.41, 5.74) is 0. The van der Waals surface area contributed by atoms with E-state index in [0.29, 0.717) is 0 Å². The summed E-state index contributed by atoms with van der Waals surface area (Å²) >= 11 is 0. The van der Waals surface area contributed by atoms with Crippen molar-refractivity contribution in [2.24, 2.45) is 0 Å². The quantitative estimate of drug-likeness (QED) is 0.506. The lowest BCUT2D eigenvalue weighted by atomic mass is 10.4. The summed E-state index contributed by atoms with van der Waals surface area (Å²) in [4.78, 5) is 0. The molecule has 1 aromatic rings. The lowest BCUT2D eigenvalue weighted by Crippen LogP contribution is -1.53. The van der Waals surface area contributed by atoms with Crippen molar-refractivity contribution < 1.29 is 5.11 Å². The van der Waals surface area contributed by atoms with Crippen LogP contribution in [0.15, 0.2) is 18.2 Å². The van der Waals surface area contributed by atoms with E-state index in [1.165, 1.54) is 6.07 Å². The summed E-state index contributed by atoms with van der Waals surface area (Å²) in [6.45, 7) is 0. The molecule has 0 radical (unpaired) electrons. The van der Waals surface area contributed by atoms with Gasteiger partial charge in [-0.2, -0.15) is 0 Å². The normalized spacial score (nSPS) is 7.43. The monoisotopic (exact) mass is 92.0 g/mol. The summed E-state index contributed by atoms with van der Waals surface area (Å²) in [5.74, 6) is 0.235. The topological polar surface area (TPSA) is 20.2 Å². The highest BCUT2D eigenvalue weighted by molar-refractivity contribution is 5.14. The van der Waals surface area contributed by atoms with E-state index < -0.39 is 0 Å². The molecule has 0 saturated carbocycles. The Morgan fingerprint density at radius 1 is 1.43 bits per heavy atom. The molecule has 1 N–H and O–H groups in total. The molecule has 0 unspecified atom stereocenters. The molecule has 0 aromatic heterocycles. The van der Waals surface area contributed by atoms with E-state index >= 15 is 0 Å². The third-order valence-electron chi connectivity index (χ3n) is 0.641. The maximum atomic E-state index is 8.58. The Labute approximate surface area is 42.2 Å². The fraction of sp³-hybridized carbons (Fsp3) is 0. The minimum Gasteiger partial charge on any atom is -0.507 e. The molecule has 0 bridgehead atoms. The van der Waals surface area contributed by atoms with Gasteiger partial charge in [0.05, 0.1) is 0 Å². The van der Waals surface area contributed by atoms with E-state index in [1.807, 2.05) is 0 Å². The van der Waals surface area contributed by atoms with E-state index in [2.05, 4.69) is 12.1 Å². The van der Waals surface area contributed by atoms with Crippen LogP contribution >= 0.6 is 0 Å². The summed E-state index contributed by atoms with van der Waals surface area (Å²) in [6.07, 6.45) is 0. The minimum atomic E-state index is 0.235. The molecular formula is C6H4O. The van der Waals surface area contributed by atoms with Gasteiger partial charge in [0, 0.05) is 6.07 Å². The first kappa shape index (κ1) is 4.01. The maximum absolute atomic E-state index is 8.58. The van der Waals surface area contributed by atoms with Crippen LogP contribution in [-0.2, 0) is 0 Å². The van der Waals surface area contributed by atoms with E-state index in [1.54, 1.807) is 12.1 Å². The van der Waals surface area contributed by atoms with Gasteiger partial charge >= 0.3 is 0 Å². The van der Waals surface area contributed by atoms with Crippen molar-refractivity contribution in [2.75, 3.05) is 0 Å². The summed E-state index contributed by atoms with van der Waals surface area (Å²) in [6, 6.07) is 9.85. The van der Waals surface area contributed by atoms with Crippen molar-refractivity contribution in [3.8, 4) is 5.75 Å². The minimum absolute atomic E-state index is 0.235. The second kappa shape index (κ2) is 1.53. The molecular weight excluding hydrogens is 88.1 g/mol. The van der Waals surface area contributed by atoms with Crippen molar-refractivity contribution in [3.05, 3.63) is 30.3 Å². The Bertz CT molecular complexity index is 134. The first-order valence-electron chi connectivity index (χ1n) is 1.96. The summed E-state index contributed by atoms with van der Waals surface area (Å²) in [7, 11) is 0. The lowest BCUT2D eigenvalue weighted by Gasteiger charge is -1.77. The van der Waals surface area contributed by atoms with Gasteiger partial charge in [0.15, 0.2) is 0 Å². The van der Waals surface area contributed by atoms with Crippen molar-refractivity contribution >= 4 is 0 Å². The molecule has 1 nitrogen and oxygen atoms in total. The van der Waals surface area contributed by atoms with Gasteiger partial charge in [-0.05, 0) is 12.1 Å². The van der Waals surface area contributed by atoms with Gasteiger partial charge in [0.2, 0.25) is 0 Å². The fourth-order valence-corrected chi connectivity index (χ4v) is 0.339. The van der Waals surface area contributed by atoms with Crippen molar-refractivity contribution in [1.82, 2.24) is 0 Å². The Morgan fingerprint density at radius 2 is 2.29 bits per heavy atom. The molecule has 1 rings (SSSR count). The fourth-order valence-electron chi connectivity index (χ4n) is 0.339. The average molecular weight is 92.1 g/mol. The molecule has 0 aliphatic rings. The molecule has 1 aromatic carbocycles. The van der Waals surface area contributed by atoms with E-state index in [4.69, 9.17) is 5.11 Å². The Hall–Kier alpha value is -1.16. The summed E-state index contributed by atoms with van der Waals surface area (Å²) in [5, 5.41) is 8.58. The molecule has 0 aliphatic carbocycles. The SMILES string of the molecule is Oc1cc#ccc1. The molecule has 0 amide bonds. The van der Waals surface area contributed by atoms with Gasteiger partial charge in [-0.1, -0.05) is 12.1 Å². The van der Waals surface area contributed by atoms with Crippen LogP contribution in [-0.4, -0.2) is 5.11 Å². The zero-order valence-corrected chi connectivity index (χ0v) is 3.68. The van der Waals surface area contributed by atoms with Crippen LogP contribution in [0, 0.1) is 12.1 Å². The van der Waals surface area contributed by atoms with Crippen molar-refractivity contribution in [2.45, 2.75) is 0 Å². The lowest BCUT2D eigenvalue weighted by molar-refractivity contribution is 0.475. The third-order valence-corrected chi connectivity index (χ3v) is 0.641. The van der Waals surface area contributed by atoms with Crippen LogP contribution < -0.4 is 0 Å². The van der Waals surface area contributed by atoms with Gasteiger partial charge < -0.3 is 5.11 Å². The second-order valence-electron chi connectivity index (χ2n) is 1.19. The molecule has 0 aliphatic heterocycles.